The first kappa shape index (κ1) is 11.1. The highest BCUT2D eigenvalue weighted by Gasteiger charge is 1.86. The second kappa shape index (κ2) is 7.25. The minimum Gasteiger partial charge on any atom is -0.0928 e. The molecular formula is C5H13BrMg. The third kappa shape index (κ3) is 11.1. The zero-order valence-corrected chi connectivity index (χ0v) is 5.96. The first-order valence-corrected chi connectivity index (χ1v) is 3.45. The van der Waals surface area contributed by atoms with Crippen molar-refractivity contribution in [2.24, 2.45) is 5.92 Å². The van der Waals surface area contributed by atoms with E-state index < -0.39 is 0 Å². The van der Waals surface area contributed by atoms with E-state index in [-0.39, 0.29) is 23.1 Å². The third-order valence-corrected chi connectivity index (χ3v) is 1.14. The summed E-state index contributed by atoms with van der Waals surface area (Å²) in [7, 11) is 0. The molecule has 0 aliphatic carbocycles. The normalized spacial score (nSPS) is 8.57. The molecule has 7 heavy (non-hydrogen) atoms. The molecule has 0 rings (SSSR count). The molecule has 0 bridgehead atoms. The molecule has 0 saturated carbocycles. The van der Waals surface area contributed by atoms with Gasteiger partial charge in [-0.1, -0.05) is 29.8 Å². The van der Waals surface area contributed by atoms with Gasteiger partial charge in [-0.3, -0.25) is 0 Å². The fourth-order valence-electron chi connectivity index (χ4n) is 0.218. The summed E-state index contributed by atoms with van der Waals surface area (Å²) in [5.74, 6) is 0.851. The predicted molar refractivity (Wildman–Crippen MR) is 41.8 cm³/mol. The number of rotatable bonds is 2. The van der Waals surface area contributed by atoms with Gasteiger partial charge in [-0.25, -0.2) is 0 Å². The van der Waals surface area contributed by atoms with Crippen LogP contribution >= 0.6 is 15.9 Å². The lowest BCUT2D eigenvalue weighted by Crippen LogP contribution is -1.84. The molecule has 0 aromatic heterocycles. The maximum atomic E-state index is 3.35. The van der Waals surface area contributed by atoms with Crippen molar-refractivity contribution < 1.29 is 0 Å². The first-order valence-electron chi connectivity index (χ1n) is 2.33. The maximum absolute atomic E-state index is 3.35. The Balaban J connectivity index is 0. The summed E-state index contributed by atoms with van der Waals surface area (Å²) in [5, 5.41) is 1.14. The average Bonchev–Trinajstić information content (AvgIpc) is 1.35. The summed E-state index contributed by atoms with van der Waals surface area (Å²) in [6, 6.07) is 0. The Hall–Kier alpha value is 1.25. The van der Waals surface area contributed by atoms with Crippen LogP contribution < -0.4 is 0 Å². The predicted octanol–water partition coefficient (Wildman–Crippen LogP) is 1.51. The molecule has 0 heterocycles. The number of hydrogen-bond acceptors (Lipinski definition) is 0. The van der Waals surface area contributed by atoms with Crippen LogP contribution in [0.25, 0.3) is 0 Å². The highest BCUT2D eigenvalue weighted by Crippen LogP contribution is 2.00. The Morgan fingerprint density at radius 1 is 1.43 bits per heavy atom. The highest BCUT2D eigenvalue weighted by molar-refractivity contribution is 9.09. The smallest absolute Gasteiger partial charge is 0.0928 e. The van der Waals surface area contributed by atoms with Gasteiger partial charge < -0.3 is 0 Å². The quantitative estimate of drug-likeness (QED) is 0.443. The van der Waals surface area contributed by atoms with Gasteiger partial charge in [0.25, 0.3) is 0 Å². The molecule has 0 spiro atoms. The van der Waals surface area contributed by atoms with E-state index in [4.69, 9.17) is 0 Å². The Kier molecular flexibility index (Phi) is 11.5. The van der Waals surface area contributed by atoms with Crippen molar-refractivity contribution in [3.05, 3.63) is 0 Å². The van der Waals surface area contributed by atoms with E-state index in [0.29, 0.717) is 0 Å². The molecule has 0 saturated heterocycles. The van der Waals surface area contributed by atoms with Gasteiger partial charge in [0.15, 0.2) is 0 Å². The topological polar surface area (TPSA) is 0 Å². The summed E-state index contributed by atoms with van der Waals surface area (Å²) >= 11 is 3.35. The molecule has 0 aromatic carbocycles. The van der Waals surface area contributed by atoms with E-state index in [9.17, 15) is 0 Å². The molecule has 0 aliphatic rings. The molecule has 42 valence electrons. The van der Waals surface area contributed by atoms with Crippen LogP contribution in [0.15, 0.2) is 0 Å². The molecule has 0 atom stereocenters. The second-order valence-electron chi connectivity index (χ2n) is 1.87. The summed E-state index contributed by atoms with van der Waals surface area (Å²) in [5.41, 5.74) is 0. The molecule has 0 unspecified atom stereocenters. The van der Waals surface area contributed by atoms with Crippen molar-refractivity contribution in [3.63, 3.8) is 0 Å². The monoisotopic (exact) mass is 176 g/mol. The largest absolute Gasteiger partial charge is 0.316 e. The SMILES string of the molecule is CC(C)CCBr.[MgH2]. The molecule has 0 amide bonds. The van der Waals surface area contributed by atoms with Crippen molar-refractivity contribution in [2.75, 3.05) is 5.33 Å². The Morgan fingerprint density at radius 2 is 1.86 bits per heavy atom. The Bertz CT molecular complexity index is 29.3. The molecule has 0 radical (unpaired) electrons. The highest BCUT2D eigenvalue weighted by atomic mass is 79.9. The third-order valence-electron chi connectivity index (χ3n) is 0.686. The van der Waals surface area contributed by atoms with Gasteiger partial charge >= 0.3 is 23.1 Å². The van der Waals surface area contributed by atoms with Crippen LogP contribution in [0.3, 0.4) is 0 Å². The fraction of sp³-hybridized carbons (Fsp3) is 1.00. The lowest BCUT2D eigenvalue weighted by Gasteiger charge is -1.94. The molecular weight excluding hydrogens is 164 g/mol. The minimum absolute atomic E-state index is 0. The Morgan fingerprint density at radius 3 is 1.86 bits per heavy atom. The number of halogens is 1. The van der Waals surface area contributed by atoms with Crippen LogP contribution in [0.4, 0.5) is 0 Å². The van der Waals surface area contributed by atoms with Crippen LogP contribution in [0, 0.1) is 5.92 Å². The van der Waals surface area contributed by atoms with Crippen molar-refractivity contribution in [3.8, 4) is 0 Å². The summed E-state index contributed by atoms with van der Waals surface area (Å²) in [6.45, 7) is 4.45. The second-order valence-corrected chi connectivity index (χ2v) is 2.66. The fourth-order valence-corrected chi connectivity index (χ4v) is 1.13. The van der Waals surface area contributed by atoms with Crippen molar-refractivity contribution in [1.29, 1.82) is 0 Å². The summed E-state index contributed by atoms with van der Waals surface area (Å²) < 4.78 is 0. The molecule has 0 N–H and O–H groups in total. The van der Waals surface area contributed by atoms with Gasteiger partial charge in [-0.15, -0.1) is 0 Å². The van der Waals surface area contributed by atoms with Crippen LogP contribution in [-0.4, -0.2) is 28.4 Å². The van der Waals surface area contributed by atoms with E-state index in [0.717, 1.165) is 11.2 Å². The van der Waals surface area contributed by atoms with Gasteiger partial charge in [0.05, 0.1) is 0 Å². The van der Waals surface area contributed by atoms with Crippen LogP contribution in [0.5, 0.6) is 0 Å². The van der Waals surface area contributed by atoms with Gasteiger partial charge in [0.1, 0.15) is 0 Å². The molecule has 0 aliphatic heterocycles. The Labute approximate surface area is 70.3 Å². The maximum Gasteiger partial charge on any atom is 0.316 e. The van der Waals surface area contributed by atoms with Gasteiger partial charge in [0.2, 0.25) is 0 Å². The summed E-state index contributed by atoms with van der Waals surface area (Å²) in [6.07, 6.45) is 1.29. The van der Waals surface area contributed by atoms with E-state index >= 15 is 0 Å². The lowest BCUT2D eigenvalue weighted by molar-refractivity contribution is 0.634. The number of hydrogen-bond donors (Lipinski definition) is 0. The lowest BCUT2D eigenvalue weighted by atomic mass is 10.2. The molecule has 0 nitrogen and oxygen atoms in total. The van der Waals surface area contributed by atoms with E-state index in [1.807, 2.05) is 0 Å². The van der Waals surface area contributed by atoms with E-state index in [2.05, 4.69) is 29.8 Å². The average molecular weight is 177 g/mol. The minimum atomic E-state index is 0. The van der Waals surface area contributed by atoms with Crippen LogP contribution in [0.2, 0.25) is 0 Å². The number of alkyl halides is 1. The van der Waals surface area contributed by atoms with Gasteiger partial charge in [0, 0.05) is 5.33 Å². The van der Waals surface area contributed by atoms with Crippen molar-refractivity contribution in [2.45, 2.75) is 20.3 Å². The standard InChI is InChI=1S/C5H11Br.Mg.2H/c1-5(2)3-4-6;;;/h5H,3-4H2,1-2H3;;;. The molecule has 2 heteroatoms. The van der Waals surface area contributed by atoms with Crippen LogP contribution in [0.1, 0.15) is 20.3 Å². The molecule has 0 fully saturated rings. The van der Waals surface area contributed by atoms with E-state index in [1.165, 1.54) is 6.42 Å². The van der Waals surface area contributed by atoms with Gasteiger partial charge in [-0.2, -0.15) is 0 Å². The zero-order chi connectivity index (χ0) is 4.99. The van der Waals surface area contributed by atoms with Crippen LogP contribution in [-0.2, 0) is 0 Å². The molecule has 0 aromatic rings. The zero-order valence-electron chi connectivity index (χ0n) is 4.37. The van der Waals surface area contributed by atoms with Crippen molar-refractivity contribution >= 4 is 39.0 Å². The summed E-state index contributed by atoms with van der Waals surface area (Å²) in [4.78, 5) is 0. The van der Waals surface area contributed by atoms with E-state index in [1.54, 1.807) is 0 Å². The first-order chi connectivity index (χ1) is 2.77. The van der Waals surface area contributed by atoms with Gasteiger partial charge in [-0.05, 0) is 12.3 Å². The van der Waals surface area contributed by atoms with Crippen molar-refractivity contribution in [1.82, 2.24) is 0 Å².